The van der Waals surface area contributed by atoms with E-state index in [9.17, 15) is 4.79 Å². The van der Waals surface area contributed by atoms with Crippen LogP contribution >= 0.6 is 0 Å². The van der Waals surface area contributed by atoms with Crippen molar-refractivity contribution in [3.8, 4) is 5.88 Å². The molecule has 0 atom stereocenters. The van der Waals surface area contributed by atoms with E-state index in [-0.39, 0.29) is 5.91 Å². The second-order valence-corrected chi connectivity index (χ2v) is 5.04. The number of amides is 1. The zero-order chi connectivity index (χ0) is 14.4. The smallest absolute Gasteiger partial charge is 0.226 e. The van der Waals surface area contributed by atoms with E-state index in [0.717, 1.165) is 25.0 Å². The van der Waals surface area contributed by atoms with Gasteiger partial charge >= 0.3 is 0 Å². The number of carbonyl (C=O) groups excluding carboxylic acids is 1. The topological polar surface area (TPSA) is 76.1 Å². The van der Waals surface area contributed by atoms with E-state index in [1.54, 1.807) is 6.07 Å². The van der Waals surface area contributed by atoms with Crippen molar-refractivity contribution in [2.75, 3.05) is 18.5 Å². The largest absolute Gasteiger partial charge is 0.478 e. The summed E-state index contributed by atoms with van der Waals surface area (Å²) in [5.41, 5.74) is 0.844. The van der Waals surface area contributed by atoms with Gasteiger partial charge in [-0.15, -0.1) is 0 Å². The average Bonchev–Trinajstić information content (AvgIpc) is 3.19. The van der Waals surface area contributed by atoms with Crippen molar-refractivity contribution in [3.05, 3.63) is 11.8 Å². The number of rotatable bonds is 8. The van der Waals surface area contributed by atoms with Crippen LogP contribution in [0.15, 0.2) is 6.07 Å². The van der Waals surface area contributed by atoms with Crippen LogP contribution in [0, 0.1) is 6.92 Å². The van der Waals surface area contributed by atoms with Crippen LogP contribution in [0.5, 0.6) is 5.88 Å². The highest BCUT2D eigenvalue weighted by atomic mass is 16.5. The van der Waals surface area contributed by atoms with E-state index in [1.165, 1.54) is 0 Å². The van der Waals surface area contributed by atoms with E-state index in [0.29, 0.717) is 37.4 Å². The Hall–Kier alpha value is -1.85. The maximum Gasteiger partial charge on any atom is 0.226 e. The van der Waals surface area contributed by atoms with E-state index < -0.39 is 0 Å². The van der Waals surface area contributed by atoms with Gasteiger partial charge in [0, 0.05) is 30.8 Å². The molecule has 20 heavy (non-hydrogen) atoms. The molecule has 1 heterocycles. The first-order chi connectivity index (χ1) is 9.67. The van der Waals surface area contributed by atoms with Gasteiger partial charge in [-0.25, -0.2) is 4.98 Å². The maximum absolute atomic E-state index is 11.5. The summed E-state index contributed by atoms with van der Waals surface area (Å²) in [6.45, 7) is 5.10. The van der Waals surface area contributed by atoms with Crippen LogP contribution in [0.3, 0.4) is 0 Å². The summed E-state index contributed by atoms with van der Waals surface area (Å²) in [4.78, 5) is 20.1. The van der Waals surface area contributed by atoms with Crippen LogP contribution in [-0.4, -0.2) is 35.1 Å². The first-order valence-electron chi connectivity index (χ1n) is 7.19. The second kappa shape index (κ2) is 7.07. The number of aromatic nitrogens is 2. The van der Waals surface area contributed by atoms with Gasteiger partial charge in [0.1, 0.15) is 0 Å². The third kappa shape index (κ3) is 5.03. The summed E-state index contributed by atoms with van der Waals surface area (Å²) in [5.74, 6) is 1.16. The third-order valence-corrected chi connectivity index (χ3v) is 2.86. The zero-order valence-electron chi connectivity index (χ0n) is 12.1. The van der Waals surface area contributed by atoms with E-state index >= 15 is 0 Å². The van der Waals surface area contributed by atoms with Gasteiger partial charge in [-0.3, -0.25) is 4.79 Å². The molecule has 0 aromatic carbocycles. The van der Waals surface area contributed by atoms with Crippen molar-refractivity contribution >= 4 is 11.9 Å². The Morgan fingerprint density at radius 1 is 1.45 bits per heavy atom. The van der Waals surface area contributed by atoms with Crippen molar-refractivity contribution in [2.24, 2.45) is 0 Å². The molecule has 0 radical (unpaired) electrons. The summed E-state index contributed by atoms with van der Waals surface area (Å²) < 4.78 is 5.49. The average molecular weight is 278 g/mol. The minimum atomic E-state index is 0.0788. The summed E-state index contributed by atoms with van der Waals surface area (Å²) in [5, 5.41) is 6.01. The fourth-order valence-corrected chi connectivity index (χ4v) is 1.71. The summed E-state index contributed by atoms with van der Waals surface area (Å²) in [7, 11) is 0. The minimum absolute atomic E-state index is 0.0788. The first-order valence-corrected chi connectivity index (χ1v) is 7.19. The molecule has 0 bridgehead atoms. The highest BCUT2D eigenvalue weighted by molar-refractivity contribution is 5.77. The molecule has 1 amide bonds. The Bertz CT molecular complexity index is 460. The van der Waals surface area contributed by atoms with Gasteiger partial charge in [-0.2, -0.15) is 4.98 Å². The number of aryl methyl sites for hydroxylation is 1. The Morgan fingerprint density at radius 2 is 2.25 bits per heavy atom. The standard InChI is InChI=1S/C14H22N4O2/c1-3-8-20-13-9-10(2)16-14(18-13)15-7-6-12(19)17-11-4-5-11/h9,11H,3-8H2,1-2H3,(H,17,19)(H,15,16,18). The minimum Gasteiger partial charge on any atom is -0.478 e. The number of nitrogens with one attached hydrogen (secondary N) is 2. The lowest BCUT2D eigenvalue weighted by Crippen LogP contribution is -2.27. The van der Waals surface area contributed by atoms with Gasteiger partial charge < -0.3 is 15.4 Å². The van der Waals surface area contributed by atoms with E-state index in [2.05, 4.69) is 20.6 Å². The molecule has 0 saturated heterocycles. The van der Waals surface area contributed by atoms with Gasteiger partial charge in [0.2, 0.25) is 17.7 Å². The second-order valence-electron chi connectivity index (χ2n) is 5.04. The van der Waals surface area contributed by atoms with Crippen molar-refractivity contribution in [3.63, 3.8) is 0 Å². The molecule has 2 rings (SSSR count). The maximum atomic E-state index is 11.5. The lowest BCUT2D eigenvalue weighted by molar-refractivity contribution is -0.120. The summed E-state index contributed by atoms with van der Waals surface area (Å²) in [6.07, 6.45) is 3.59. The van der Waals surface area contributed by atoms with E-state index in [1.807, 2.05) is 13.8 Å². The molecule has 6 nitrogen and oxygen atoms in total. The molecule has 0 spiro atoms. The summed E-state index contributed by atoms with van der Waals surface area (Å²) >= 11 is 0. The number of hydrogen-bond acceptors (Lipinski definition) is 5. The fraction of sp³-hybridized carbons (Fsp3) is 0.643. The molecule has 1 aliphatic carbocycles. The Labute approximate surface area is 119 Å². The van der Waals surface area contributed by atoms with Crippen molar-refractivity contribution in [1.82, 2.24) is 15.3 Å². The SMILES string of the molecule is CCCOc1cc(C)nc(NCCC(=O)NC2CC2)n1. The molecule has 1 aromatic rings. The molecule has 1 aliphatic rings. The molecule has 2 N–H and O–H groups in total. The van der Waals surface area contributed by atoms with Gasteiger partial charge in [-0.1, -0.05) is 6.92 Å². The summed E-state index contributed by atoms with van der Waals surface area (Å²) in [6, 6.07) is 2.22. The Kier molecular flexibility index (Phi) is 5.15. The molecular weight excluding hydrogens is 256 g/mol. The normalized spacial score (nSPS) is 13.9. The molecule has 1 saturated carbocycles. The number of ether oxygens (including phenoxy) is 1. The number of hydrogen-bond donors (Lipinski definition) is 2. The van der Waals surface area contributed by atoms with Crippen LogP contribution in [0.1, 0.15) is 38.3 Å². The Balaban J connectivity index is 1.78. The monoisotopic (exact) mass is 278 g/mol. The van der Waals surface area contributed by atoms with Gasteiger partial charge in [0.15, 0.2) is 0 Å². The van der Waals surface area contributed by atoms with Crippen molar-refractivity contribution in [2.45, 2.75) is 45.6 Å². The zero-order valence-corrected chi connectivity index (χ0v) is 12.1. The molecule has 1 aromatic heterocycles. The van der Waals surface area contributed by atoms with Crippen LogP contribution in [-0.2, 0) is 4.79 Å². The highest BCUT2D eigenvalue weighted by Crippen LogP contribution is 2.18. The lowest BCUT2D eigenvalue weighted by atomic mass is 10.4. The highest BCUT2D eigenvalue weighted by Gasteiger charge is 2.22. The predicted octanol–water partition coefficient (Wildman–Crippen LogP) is 1.65. The molecule has 1 fully saturated rings. The number of nitrogens with zero attached hydrogens (tertiary/aromatic N) is 2. The van der Waals surface area contributed by atoms with Crippen molar-refractivity contribution < 1.29 is 9.53 Å². The molecule has 110 valence electrons. The van der Waals surface area contributed by atoms with Gasteiger partial charge in [0.05, 0.1) is 6.61 Å². The fourth-order valence-electron chi connectivity index (χ4n) is 1.71. The van der Waals surface area contributed by atoms with Gasteiger partial charge in [0.25, 0.3) is 0 Å². The molecule has 0 aliphatic heterocycles. The molecule has 0 unspecified atom stereocenters. The van der Waals surface area contributed by atoms with Crippen LogP contribution in [0.4, 0.5) is 5.95 Å². The molecule has 6 heteroatoms. The third-order valence-electron chi connectivity index (χ3n) is 2.86. The Morgan fingerprint density at radius 3 is 2.95 bits per heavy atom. The molecular formula is C14H22N4O2. The number of anilines is 1. The predicted molar refractivity (Wildman–Crippen MR) is 76.8 cm³/mol. The lowest BCUT2D eigenvalue weighted by Gasteiger charge is -2.09. The van der Waals surface area contributed by atoms with Crippen LogP contribution in [0.25, 0.3) is 0 Å². The van der Waals surface area contributed by atoms with Crippen molar-refractivity contribution in [1.29, 1.82) is 0 Å². The van der Waals surface area contributed by atoms with Crippen LogP contribution < -0.4 is 15.4 Å². The number of carbonyl (C=O) groups is 1. The van der Waals surface area contributed by atoms with E-state index in [4.69, 9.17) is 4.74 Å². The first kappa shape index (κ1) is 14.6. The van der Waals surface area contributed by atoms with Crippen LogP contribution in [0.2, 0.25) is 0 Å². The quantitative estimate of drug-likeness (QED) is 0.756. The van der Waals surface area contributed by atoms with Gasteiger partial charge in [-0.05, 0) is 26.2 Å².